The molecule has 0 saturated heterocycles. The van der Waals surface area contributed by atoms with Gasteiger partial charge in [-0.2, -0.15) is 0 Å². The van der Waals surface area contributed by atoms with E-state index in [-0.39, 0.29) is 12.5 Å². The van der Waals surface area contributed by atoms with Crippen molar-refractivity contribution in [3.63, 3.8) is 0 Å². The Kier molecular flexibility index (Phi) is 4.54. The van der Waals surface area contributed by atoms with Gasteiger partial charge >= 0.3 is 0 Å². The first-order valence-electron chi connectivity index (χ1n) is 8.09. The van der Waals surface area contributed by atoms with Crippen molar-refractivity contribution in [3.8, 4) is 17.2 Å². The van der Waals surface area contributed by atoms with Crippen LogP contribution in [-0.2, 0) is 6.54 Å². The number of aromatic hydroxyl groups is 1. The van der Waals surface area contributed by atoms with E-state index in [1.807, 2.05) is 6.07 Å². The Morgan fingerprint density at radius 2 is 1.81 bits per heavy atom. The molecule has 1 aliphatic heterocycles. The first kappa shape index (κ1) is 14.5. The molecule has 1 saturated carbocycles. The van der Waals surface area contributed by atoms with E-state index in [9.17, 15) is 5.11 Å². The molecule has 3 rings (SSSR count). The van der Waals surface area contributed by atoms with Crippen molar-refractivity contribution in [3.05, 3.63) is 17.7 Å². The smallest absolute Gasteiger partial charge is 0.231 e. The van der Waals surface area contributed by atoms with Crippen LogP contribution in [0.4, 0.5) is 0 Å². The average Bonchev–Trinajstić information content (AvgIpc) is 2.75. The molecule has 0 spiro atoms. The highest BCUT2D eigenvalue weighted by Crippen LogP contribution is 2.37. The Balaban J connectivity index is 1.59. The van der Waals surface area contributed by atoms with Gasteiger partial charge in [0.25, 0.3) is 0 Å². The molecule has 4 heteroatoms. The van der Waals surface area contributed by atoms with Crippen LogP contribution in [0.5, 0.6) is 17.2 Å². The van der Waals surface area contributed by atoms with Crippen LogP contribution in [-0.4, -0.2) is 17.9 Å². The maximum absolute atomic E-state index is 10.1. The van der Waals surface area contributed by atoms with Gasteiger partial charge in [-0.25, -0.2) is 0 Å². The van der Waals surface area contributed by atoms with Crippen LogP contribution in [0.3, 0.4) is 0 Å². The third-order valence-corrected chi connectivity index (χ3v) is 4.80. The second kappa shape index (κ2) is 6.56. The number of hydrogen-bond donors (Lipinski definition) is 2. The van der Waals surface area contributed by atoms with Crippen molar-refractivity contribution in [1.82, 2.24) is 5.32 Å². The van der Waals surface area contributed by atoms with Crippen molar-refractivity contribution in [2.24, 2.45) is 5.92 Å². The Hall–Kier alpha value is -1.42. The quantitative estimate of drug-likeness (QED) is 0.833. The first-order valence-corrected chi connectivity index (χ1v) is 8.09. The normalized spacial score (nSPS) is 20.2. The van der Waals surface area contributed by atoms with Gasteiger partial charge in [0.2, 0.25) is 6.79 Å². The number of hydrogen-bond acceptors (Lipinski definition) is 4. The SMILES string of the molecule is C[C@@H](NCc1cc2c(cc1O)OCO2)C1CCCCCC1. The standard InChI is InChI=1S/C17H25NO3/c1-12(13-6-4-2-3-5-7-13)18-10-14-8-16-17(9-15(14)19)21-11-20-16/h8-9,12-13,18-19H,2-7,10-11H2,1H3/t12-/m1/s1. The van der Waals surface area contributed by atoms with Crippen molar-refractivity contribution < 1.29 is 14.6 Å². The second-order valence-corrected chi connectivity index (χ2v) is 6.26. The van der Waals surface area contributed by atoms with Crippen LogP contribution < -0.4 is 14.8 Å². The van der Waals surface area contributed by atoms with Gasteiger partial charge in [-0.15, -0.1) is 0 Å². The molecule has 1 aliphatic carbocycles. The summed E-state index contributed by atoms with van der Waals surface area (Å²) < 4.78 is 10.6. The molecule has 0 bridgehead atoms. The predicted octanol–water partition coefficient (Wildman–Crippen LogP) is 3.57. The average molecular weight is 291 g/mol. The molecule has 2 aliphatic rings. The second-order valence-electron chi connectivity index (χ2n) is 6.26. The van der Waals surface area contributed by atoms with Crippen molar-refractivity contribution in [1.29, 1.82) is 0 Å². The van der Waals surface area contributed by atoms with Crippen molar-refractivity contribution >= 4 is 0 Å². The van der Waals surface area contributed by atoms with E-state index in [0.29, 0.717) is 18.3 Å². The van der Waals surface area contributed by atoms with E-state index >= 15 is 0 Å². The number of fused-ring (bicyclic) bond motifs is 1. The summed E-state index contributed by atoms with van der Waals surface area (Å²) in [5, 5.41) is 13.6. The number of benzene rings is 1. The van der Waals surface area contributed by atoms with Crippen LogP contribution >= 0.6 is 0 Å². The summed E-state index contributed by atoms with van der Waals surface area (Å²) in [5.41, 5.74) is 0.875. The van der Waals surface area contributed by atoms with Gasteiger partial charge in [-0.05, 0) is 31.7 Å². The Bertz CT molecular complexity index is 481. The van der Waals surface area contributed by atoms with Gasteiger partial charge in [0, 0.05) is 24.2 Å². The zero-order valence-corrected chi connectivity index (χ0v) is 12.7. The molecule has 21 heavy (non-hydrogen) atoms. The Labute approximate surface area is 126 Å². The first-order chi connectivity index (χ1) is 10.2. The molecule has 0 aromatic heterocycles. The lowest BCUT2D eigenvalue weighted by molar-refractivity contribution is 0.174. The monoisotopic (exact) mass is 291 g/mol. The highest BCUT2D eigenvalue weighted by atomic mass is 16.7. The molecule has 0 radical (unpaired) electrons. The maximum Gasteiger partial charge on any atom is 0.231 e. The van der Waals surface area contributed by atoms with Crippen LogP contribution in [0.2, 0.25) is 0 Å². The predicted molar refractivity (Wildman–Crippen MR) is 81.7 cm³/mol. The van der Waals surface area contributed by atoms with Crippen LogP contribution in [0, 0.1) is 5.92 Å². The lowest BCUT2D eigenvalue weighted by Crippen LogP contribution is -2.32. The van der Waals surface area contributed by atoms with E-state index in [2.05, 4.69) is 12.2 Å². The topological polar surface area (TPSA) is 50.7 Å². The number of rotatable bonds is 4. The largest absolute Gasteiger partial charge is 0.507 e. The summed E-state index contributed by atoms with van der Waals surface area (Å²) in [6, 6.07) is 4.01. The maximum atomic E-state index is 10.1. The van der Waals surface area contributed by atoms with E-state index in [1.165, 1.54) is 38.5 Å². The Morgan fingerprint density at radius 1 is 1.14 bits per heavy atom. The van der Waals surface area contributed by atoms with E-state index in [0.717, 1.165) is 17.2 Å². The summed E-state index contributed by atoms with van der Waals surface area (Å²) in [6.07, 6.45) is 8.11. The van der Waals surface area contributed by atoms with Gasteiger partial charge in [0.05, 0.1) is 0 Å². The van der Waals surface area contributed by atoms with E-state index < -0.39 is 0 Å². The van der Waals surface area contributed by atoms with Gasteiger partial charge in [-0.3, -0.25) is 0 Å². The number of nitrogens with one attached hydrogen (secondary N) is 1. The fourth-order valence-electron chi connectivity index (χ4n) is 3.36. The zero-order chi connectivity index (χ0) is 14.7. The molecule has 4 nitrogen and oxygen atoms in total. The summed E-state index contributed by atoms with van der Waals surface area (Å²) in [5.74, 6) is 2.39. The van der Waals surface area contributed by atoms with Gasteiger partial charge in [0.1, 0.15) is 5.75 Å². The highest BCUT2D eigenvalue weighted by Gasteiger charge is 2.20. The minimum atomic E-state index is 0.240. The summed E-state index contributed by atoms with van der Waals surface area (Å²) in [4.78, 5) is 0. The number of ether oxygens (including phenoxy) is 2. The molecule has 116 valence electrons. The summed E-state index contributed by atoms with van der Waals surface area (Å²) >= 11 is 0. The minimum absolute atomic E-state index is 0.240. The zero-order valence-electron chi connectivity index (χ0n) is 12.7. The molecule has 1 fully saturated rings. The molecular weight excluding hydrogens is 266 g/mol. The highest BCUT2D eigenvalue weighted by molar-refractivity contribution is 5.51. The summed E-state index contributed by atoms with van der Waals surface area (Å²) in [7, 11) is 0. The van der Waals surface area contributed by atoms with Crippen molar-refractivity contribution in [2.45, 2.75) is 58.0 Å². The lowest BCUT2D eigenvalue weighted by Gasteiger charge is -2.24. The molecule has 0 unspecified atom stereocenters. The summed E-state index contributed by atoms with van der Waals surface area (Å²) in [6.45, 7) is 3.17. The number of phenols is 1. The van der Waals surface area contributed by atoms with Gasteiger partial charge < -0.3 is 19.9 Å². The van der Waals surface area contributed by atoms with E-state index in [1.54, 1.807) is 6.07 Å². The fourth-order valence-corrected chi connectivity index (χ4v) is 3.36. The van der Waals surface area contributed by atoms with Crippen LogP contribution in [0.1, 0.15) is 51.0 Å². The molecule has 1 aromatic rings. The van der Waals surface area contributed by atoms with E-state index in [4.69, 9.17) is 9.47 Å². The lowest BCUT2D eigenvalue weighted by atomic mass is 9.93. The number of phenolic OH excluding ortho intramolecular Hbond substituents is 1. The van der Waals surface area contributed by atoms with Crippen LogP contribution in [0.25, 0.3) is 0 Å². The molecular formula is C17H25NO3. The third kappa shape index (κ3) is 3.43. The van der Waals surface area contributed by atoms with Crippen molar-refractivity contribution in [2.75, 3.05) is 6.79 Å². The molecule has 1 atom stereocenters. The fraction of sp³-hybridized carbons (Fsp3) is 0.647. The molecule has 2 N–H and O–H groups in total. The van der Waals surface area contributed by atoms with Gasteiger partial charge in [0.15, 0.2) is 11.5 Å². The molecule has 1 heterocycles. The third-order valence-electron chi connectivity index (χ3n) is 4.80. The molecule has 0 amide bonds. The minimum Gasteiger partial charge on any atom is -0.507 e. The van der Waals surface area contributed by atoms with Crippen LogP contribution in [0.15, 0.2) is 12.1 Å². The Morgan fingerprint density at radius 3 is 2.52 bits per heavy atom. The van der Waals surface area contributed by atoms with Gasteiger partial charge in [-0.1, -0.05) is 25.7 Å². The molecule has 1 aromatic carbocycles.